The van der Waals surface area contributed by atoms with Crippen molar-refractivity contribution in [2.45, 2.75) is 32.0 Å². The first-order valence-electron chi connectivity index (χ1n) is 5.12. The summed E-state index contributed by atoms with van der Waals surface area (Å²) in [5, 5.41) is -0.0111. The van der Waals surface area contributed by atoms with Gasteiger partial charge in [-0.3, -0.25) is 0 Å². The van der Waals surface area contributed by atoms with Gasteiger partial charge in [-0.1, -0.05) is 31.8 Å². The minimum Gasteiger partial charge on any atom is -0.166 e. The molecule has 102 valence electrons. The number of alkyl halides is 6. The van der Waals surface area contributed by atoms with E-state index in [1.165, 1.54) is 0 Å². The molecule has 0 N–H and O–H groups in total. The third kappa shape index (κ3) is 3.27. The fourth-order valence-corrected chi connectivity index (χ4v) is 3.21. The minimum absolute atomic E-state index is 0.0111. The largest absolute Gasteiger partial charge is 0.416 e. The Kier molecular flexibility index (Phi) is 3.59. The quantitative estimate of drug-likeness (QED) is 0.534. The van der Waals surface area contributed by atoms with Gasteiger partial charge in [0.1, 0.15) is 0 Å². The van der Waals surface area contributed by atoms with E-state index in [0.29, 0.717) is 6.07 Å². The van der Waals surface area contributed by atoms with Crippen molar-refractivity contribution >= 4 is 13.3 Å². The van der Waals surface area contributed by atoms with Gasteiger partial charge < -0.3 is 0 Å². The Balaban J connectivity index is 3.50. The van der Waals surface area contributed by atoms with Gasteiger partial charge in [-0.15, -0.1) is 0 Å². The molecule has 0 spiro atoms. The van der Waals surface area contributed by atoms with E-state index >= 15 is 0 Å². The van der Waals surface area contributed by atoms with Crippen molar-refractivity contribution < 1.29 is 26.3 Å². The fourth-order valence-electron chi connectivity index (χ4n) is 1.61. The molecule has 0 aromatic heterocycles. The summed E-state index contributed by atoms with van der Waals surface area (Å²) in [4.78, 5) is 0. The molecule has 18 heavy (non-hydrogen) atoms. The number of halogens is 6. The summed E-state index contributed by atoms with van der Waals surface area (Å²) in [5.74, 6) is 0. The summed E-state index contributed by atoms with van der Waals surface area (Å²) in [6.07, 6.45) is -9.53. The summed E-state index contributed by atoms with van der Waals surface area (Å²) in [7, 11) is -2.36. The maximum absolute atomic E-state index is 12.8. The summed E-state index contributed by atoms with van der Waals surface area (Å²) >= 11 is 0. The molecule has 0 atom stereocenters. The van der Waals surface area contributed by atoms with Crippen LogP contribution in [0.25, 0.3) is 0 Å². The Morgan fingerprint density at radius 3 is 1.67 bits per heavy atom. The Labute approximate surface area is 102 Å². The van der Waals surface area contributed by atoms with Gasteiger partial charge in [0, 0.05) is 0 Å². The minimum atomic E-state index is -4.77. The lowest BCUT2D eigenvalue weighted by Gasteiger charge is -2.23. The van der Waals surface area contributed by atoms with Crippen LogP contribution >= 0.6 is 0 Å². The Hall–Kier alpha value is -0.983. The second-order valence-corrected chi connectivity index (χ2v) is 10.0. The zero-order valence-corrected chi connectivity index (χ0v) is 11.0. The highest BCUT2D eigenvalue weighted by Gasteiger charge is 2.40. The lowest BCUT2D eigenvalue weighted by molar-refractivity contribution is -0.142. The molecule has 0 aliphatic carbocycles. The van der Waals surface area contributed by atoms with Crippen LogP contribution in [-0.2, 0) is 12.4 Å². The smallest absolute Gasteiger partial charge is 0.166 e. The summed E-state index contributed by atoms with van der Waals surface area (Å²) in [5.41, 5.74) is -2.44. The predicted octanol–water partition coefficient (Wildman–Crippen LogP) is 4.27. The van der Waals surface area contributed by atoms with Gasteiger partial charge in [0.25, 0.3) is 0 Å². The normalized spacial score (nSPS) is 13.8. The molecule has 0 fully saturated rings. The van der Waals surface area contributed by atoms with Gasteiger partial charge in [-0.05, 0) is 11.3 Å². The van der Waals surface area contributed by atoms with Crippen LogP contribution in [0.4, 0.5) is 26.3 Å². The standard InChI is InChI=1S/C11H12F6Si/c1-18(2,3)9-5-4-7(10(12,13)14)6-8(9)11(15,16)17/h4-6H,1-3H3. The Bertz CT molecular complexity index is 438. The van der Waals surface area contributed by atoms with Crippen LogP contribution in [0.2, 0.25) is 19.6 Å². The van der Waals surface area contributed by atoms with E-state index in [-0.39, 0.29) is 11.3 Å². The van der Waals surface area contributed by atoms with Crippen LogP contribution in [-0.4, -0.2) is 8.07 Å². The molecule has 1 aromatic rings. The van der Waals surface area contributed by atoms with Crippen LogP contribution in [0.15, 0.2) is 18.2 Å². The zero-order valence-electron chi connectivity index (χ0n) is 10.00. The molecule has 0 unspecified atom stereocenters. The van der Waals surface area contributed by atoms with Crippen LogP contribution in [0.3, 0.4) is 0 Å². The summed E-state index contributed by atoms with van der Waals surface area (Å²) in [6.45, 7) is 4.97. The van der Waals surface area contributed by atoms with Crippen molar-refractivity contribution in [1.29, 1.82) is 0 Å². The molecule has 1 rings (SSSR count). The van der Waals surface area contributed by atoms with Gasteiger partial charge in [-0.2, -0.15) is 26.3 Å². The number of benzene rings is 1. The van der Waals surface area contributed by atoms with Crippen LogP contribution in [0.5, 0.6) is 0 Å². The molecule has 0 bridgehead atoms. The van der Waals surface area contributed by atoms with Crippen molar-refractivity contribution in [2.24, 2.45) is 0 Å². The first-order valence-corrected chi connectivity index (χ1v) is 8.62. The molecule has 0 aliphatic rings. The van der Waals surface area contributed by atoms with E-state index in [0.717, 1.165) is 6.07 Å². The molecule has 0 amide bonds. The second kappa shape index (κ2) is 4.29. The molecule has 0 nitrogen and oxygen atoms in total. The van der Waals surface area contributed by atoms with Crippen LogP contribution in [0, 0.1) is 0 Å². The zero-order chi connectivity index (χ0) is 14.4. The second-order valence-electron chi connectivity index (χ2n) is 5.01. The maximum atomic E-state index is 12.8. The van der Waals surface area contributed by atoms with Gasteiger partial charge >= 0.3 is 12.4 Å². The number of hydrogen-bond donors (Lipinski definition) is 0. The van der Waals surface area contributed by atoms with E-state index in [9.17, 15) is 26.3 Å². The predicted molar refractivity (Wildman–Crippen MR) is 59.4 cm³/mol. The van der Waals surface area contributed by atoms with Crippen molar-refractivity contribution in [1.82, 2.24) is 0 Å². The number of rotatable bonds is 1. The Morgan fingerprint density at radius 2 is 1.33 bits per heavy atom. The first-order chi connectivity index (χ1) is 7.83. The van der Waals surface area contributed by atoms with E-state index < -0.39 is 31.6 Å². The monoisotopic (exact) mass is 286 g/mol. The van der Waals surface area contributed by atoms with Crippen molar-refractivity contribution in [2.75, 3.05) is 0 Å². The van der Waals surface area contributed by atoms with Crippen molar-refractivity contribution in [3.05, 3.63) is 29.3 Å². The van der Waals surface area contributed by atoms with Crippen LogP contribution < -0.4 is 5.19 Å². The third-order valence-electron chi connectivity index (χ3n) is 2.46. The SMILES string of the molecule is C[Si](C)(C)c1ccc(C(F)(F)F)cc1C(F)(F)F. The molecule has 0 aliphatic heterocycles. The molecular weight excluding hydrogens is 274 g/mol. The fraction of sp³-hybridized carbons (Fsp3) is 0.455. The molecule has 0 radical (unpaired) electrons. The van der Waals surface area contributed by atoms with Crippen LogP contribution in [0.1, 0.15) is 11.1 Å². The average Bonchev–Trinajstić information content (AvgIpc) is 2.12. The van der Waals surface area contributed by atoms with Crippen molar-refractivity contribution in [3.63, 3.8) is 0 Å². The topological polar surface area (TPSA) is 0 Å². The molecule has 0 saturated carbocycles. The summed E-state index contributed by atoms with van der Waals surface area (Å²) in [6, 6.07) is 1.87. The average molecular weight is 286 g/mol. The van der Waals surface area contributed by atoms with Crippen molar-refractivity contribution in [3.8, 4) is 0 Å². The molecule has 1 aromatic carbocycles. The van der Waals surface area contributed by atoms with Gasteiger partial charge in [0.2, 0.25) is 0 Å². The number of hydrogen-bond acceptors (Lipinski definition) is 0. The molecule has 0 saturated heterocycles. The van der Waals surface area contributed by atoms with Gasteiger partial charge in [0.05, 0.1) is 19.2 Å². The lowest BCUT2D eigenvalue weighted by Crippen LogP contribution is -2.42. The third-order valence-corrected chi connectivity index (χ3v) is 4.51. The van der Waals surface area contributed by atoms with E-state index in [1.54, 1.807) is 19.6 Å². The van der Waals surface area contributed by atoms with E-state index in [4.69, 9.17) is 0 Å². The van der Waals surface area contributed by atoms with E-state index in [2.05, 4.69) is 0 Å². The van der Waals surface area contributed by atoms with Gasteiger partial charge in [-0.25, -0.2) is 0 Å². The van der Waals surface area contributed by atoms with Gasteiger partial charge in [0.15, 0.2) is 0 Å². The summed E-state index contributed by atoms with van der Waals surface area (Å²) < 4.78 is 75.7. The Morgan fingerprint density at radius 1 is 0.833 bits per heavy atom. The van der Waals surface area contributed by atoms with E-state index in [1.807, 2.05) is 0 Å². The highest BCUT2D eigenvalue weighted by atomic mass is 28.3. The first kappa shape index (κ1) is 15.1. The highest BCUT2D eigenvalue weighted by Crippen LogP contribution is 2.35. The maximum Gasteiger partial charge on any atom is 0.416 e. The molecular formula is C11H12F6Si. The molecule has 7 heteroatoms. The highest BCUT2D eigenvalue weighted by molar-refractivity contribution is 6.89. The molecule has 0 heterocycles. The lowest BCUT2D eigenvalue weighted by atomic mass is 10.1.